The van der Waals surface area contributed by atoms with Gasteiger partial charge in [0.15, 0.2) is 0 Å². The molecule has 0 spiro atoms. The van der Waals surface area contributed by atoms with E-state index in [1.54, 1.807) is 24.3 Å². The smallest absolute Gasteiger partial charge is 0.269 e. The van der Waals surface area contributed by atoms with Gasteiger partial charge >= 0.3 is 0 Å². The summed E-state index contributed by atoms with van der Waals surface area (Å²) in [6, 6.07) is 11.0. The minimum absolute atomic E-state index is 0.0541. The van der Waals surface area contributed by atoms with Gasteiger partial charge in [0.05, 0.1) is 9.40 Å². The SMILES string of the molecule is O=[N+]([O-])c1ccc(CNc2ccc(Br)c(F)c2)cc1. The van der Waals surface area contributed by atoms with Gasteiger partial charge in [0.25, 0.3) is 5.69 Å². The van der Waals surface area contributed by atoms with E-state index >= 15 is 0 Å². The van der Waals surface area contributed by atoms with E-state index < -0.39 is 4.92 Å². The summed E-state index contributed by atoms with van der Waals surface area (Å²) in [5.74, 6) is -0.339. The van der Waals surface area contributed by atoms with Crippen molar-refractivity contribution >= 4 is 27.3 Å². The van der Waals surface area contributed by atoms with Gasteiger partial charge in [-0.15, -0.1) is 0 Å². The Kier molecular flexibility index (Phi) is 4.11. The highest BCUT2D eigenvalue weighted by atomic mass is 79.9. The number of nitro groups is 1. The third-order valence-electron chi connectivity index (χ3n) is 2.56. The molecule has 2 rings (SSSR count). The summed E-state index contributed by atoms with van der Waals surface area (Å²) in [6.07, 6.45) is 0. The molecule has 1 N–H and O–H groups in total. The van der Waals surface area contributed by atoms with Crippen molar-refractivity contribution < 1.29 is 9.31 Å². The fraction of sp³-hybridized carbons (Fsp3) is 0.0769. The molecule has 6 heteroatoms. The van der Waals surface area contributed by atoms with Crippen LogP contribution in [-0.2, 0) is 6.54 Å². The molecule has 0 aliphatic heterocycles. The van der Waals surface area contributed by atoms with Crippen LogP contribution in [0.15, 0.2) is 46.9 Å². The highest BCUT2D eigenvalue weighted by Crippen LogP contribution is 2.20. The summed E-state index contributed by atoms with van der Waals surface area (Å²) in [5.41, 5.74) is 1.59. The standard InChI is InChI=1S/C13H10BrFN2O2/c14-12-6-3-10(7-13(12)15)16-8-9-1-4-11(5-2-9)17(18)19/h1-7,16H,8H2. The van der Waals surface area contributed by atoms with E-state index in [2.05, 4.69) is 21.2 Å². The Labute approximate surface area is 117 Å². The predicted molar refractivity (Wildman–Crippen MR) is 74.5 cm³/mol. The monoisotopic (exact) mass is 324 g/mol. The maximum absolute atomic E-state index is 13.3. The topological polar surface area (TPSA) is 55.2 Å². The van der Waals surface area contributed by atoms with Crippen LogP contribution in [0.5, 0.6) is 0 Å². The van der Waals surface area contributed by atoms with Crippen LogP contribution in [0.2, 0.25) is 0 Å². The highest BCUT2D eigenvalue weighted by molar-refractivity contribution is 9.10. The average Bonchev–Trinajstić information content (AvgIpc) is 2.40. The molecule has 0 saturated carbocycles. The van der Waals surface area contributed by atoms with Crippen molar-refractivity contribution in [3.05, 3.63) is 68.4 Å². The Hall–Kier alpha value is -1.95. The molecule has 0 saturated heterocycles. The molecule has 0 aliphatic rings. The van der Waals surface area contributed by atoms with E-state index in [9.17, 15) is 14.5 Å². The number of benzene rings is 2. The van der Waals surface area contributed by atoms with Gasteiger partial charge in [-0.2, -0.15) is 0 Å². The van der Waals surface area contributed by atoms with Crippen LogP contribution in [0.1, 0.15) is 5.56 Å². The van der Waals surface area contributed by atoms with Crippen molar-refractivity contribution in [2.45, 2.75) is 6.54 Å². The van der Waals surface area contributed by atoms with Gasteiger partial charge < -0.3 is 5.32 Å². The van der Waals surface area contributed by atoms with E-state index in [4.69, 9.17) is 0 Å². The van der Waals surface area contributed by atoms with Gasteiger partial charge in [-0.1, -0.05) is 12.1 Å². The van der Waals surface area contributed by atoms with Crippen LogP contribution in [-0.4, -0.2) is 4.92 Å². The Balaban J connectivity index is 2.01. The quantitative estimate of drug-likeness (QED) is 0.680. The molecule has 2 aromatic carbocycles. The van der Waals surface area contributed by atoms with Crippen LogP contribution < -0.4 is 5.32 Å². The molecule has 0 bridgehead atoms. The summed E-state index contributed by atoms with van der Waals surface area (Å²) in [5, 5.41) is 13.6. The second-order valence-corrected chi connectivity index (χ2v) is 4.76. The van der Waals surface area contributed by atoms with Crippen LogP contribution in [0, 0.1) is 15.9 Å². The van der Waals surface area contributed by atoms with Crippen LogP contribution in [0.25, 0.3) is 0 Å². The van der Waals surface area contributed by atoms with Gasteiger partial charge in [-0.25, -0.2) is 4.39 Å². The second-order valence-electron chi connectivity index (χ2n) is 3.91. The lowest BCUT2D eigenvalue weighted by atomic mass is 10.2. The summed E-state index contributed by atoms with van der Waals surface area (Å²) >= 11 is 3.08. The van der Waals surface area contributed by atoms with Crippen molar-refractivity contribution in [2.24, 2.45) is 0 Å². The van der Waals surface area contributed by atoms with Gasteiger partial charge in [-0.3, -0.25) is 10.1 Å². The molecule has 19 heavy (non-hydrogen) atoms. The molecule has 0 heterocycles. The first-order chi connectivity index (χ1) is 9.06. The maximum Gasteiger partial charge on any atom is 0.269 e. The molecule has 0 radical (unpaired) electrons. The first kappa shape index (κ1) is 13.5. The maximum atomic E-state index is 13.3. The minimum atomic E-state index is -0.443. The first-order valence-electron chi connectivity index (χ1n) is 5.48. The number of nitro benzene ring substituents is 1. The Bertz CT molecular complexity index is 602. The van der Waals surface area contributed by atoms with E-state index in [1.807, 2.05) is 0 Å². The lowest BCUT2D eigenvalue weighted by Crippen LogP contribution is -2.00. The average molecular weight is 325 g/mol. The molecule has 0 amide bonds. The number of hydrogen-bond acceptors (Lipinski definition) is 3. The van der Waals surface area contributed by atoms with Gasteiger partial charge in [-0.05, 0) is 39.7 Å². The third-order valence-corrected chi connectivity index (χ3v) is 3.21. The van der Waals surface area contributed by atoms with Crippen LogP contribution >= 0.6 is 15.9 Å². The zero-order chi connectivity index (χ0) is 13.8. The molecular weight excluding hydrogens is 315 g/mol. The summed E-state index contributed by atoms with van der Waals surface area (Å²) < 4.78 is 13.7. The lowest BCUT2D eigenvalue weighted by molar-refractivity contribution is -0.384. The number of hydrogen-bond donors (Lipinski definition) is 1. The zero-order valence-corrected chi connectivity index (χ0v) is 11.4. The number of halogens is 2. The summed E-state index contributed by atoms with van der Waals surface area (Å²) in [4.78, 5) is 10.1. The van der Waals surface area contributed by atoms with Gasteiger partial charge in [0, 0.05) is 24.4 Å². The number of non-ortho nitro benzene ring substituents is 1. The van der Waals surface area contributed by atoms with Crippen molar-refractivity contribution in [3.63, 3.8) is 0 Å². The van der Waals surface area contributed by atoms with E-state index in [0.29, 0.717) is 16.7 Å². The number of nitrogens with zero attached hydrogens (tertiary/aromatic N) is 1. The van der Waals surface area contributed by atoms with Crippen LogP contribution in [0.3, 0.4) is 0 Å². The molecule has 2 aromatic rings. The molecule has 4 nitrogen and oxygen atoms in total. The van der Waals surface area contributed by atoms with Crippen molar-refractivity contribution in [1.29, 1.82) is 0 Å². The van der Waals surface area contributed by atoms with E-state index in [0.717, 1.165) is 5.56 Å². The summed E-state index contributed by atoms with van der Waals surface area (Å²) in [7, 11) is 0. The molecule has 0 atom stereocenters. The summed E-state index contributed by atoms with van der Waals surface area (Å²) in [6.45, 7) is 0.471. The Morgan fingerprint density at radius 3 is 2.47 bits per heavy atom. The number of anilines is 1. The molecule has 0 fully saturated rings. The molecule has 98 valence electrons. The number of rotatable bonds is 4. The Morgan fingerprint density at radius 1 is 1.21 bits per heavy atom. The third kappa shape index (κ3) is 3.51. The van der Waals surface area contributed by atoms with Gasteiger partial charge in [0.1, 0.15) is 5.82 Å². The van der Waals surface area contributed by atoms with Crippen molar-refractivity contribution in [3.8, 4) is 0 Å². The van der Waals surface area contributed by atoms with E-state index in [1.165, 1.54) is 18.2 Å². The van der Waals surface area contributed by atoms with Crippen molar-refractivity contribution in [1.82, 2.24) is 0 Å². The predicted octanol–water partition coefficient (Wildman–Crippen LogP) is 4.11. The Morgan fingerprint density at radius 2 is 1.89 bits per heavy atom. The molecule has 0 aromatic heterocycles. The highest BCUT2D eigenvalue weighted by Gasteiger charge is 2.04. The van der Waals surface area contributed by atoms with E-state index in [-0.39, 0.29) is 11.5 Å². The van der Waals surface area contributed by atoms with Crippen molar-refractivity contribution in [2.75, 3.05) is 5.32 Å². The largest absolute Gasteiger partial charge is 0.381 e. The second kappa shape index (κ2) is 5.79. The zero-order valence-electron chi connectivity index (χ0n) is 9.77. The fourth-order valence-corrected chi connectivity index (χ4v) is 1.79. The normalized spacial score (nSPS) is 10.2. The fourth-order valence-electron chi connectivity index (χ4n) is 1.55. The number of nitrogens with one attached hydrogen (secondary N) is 1. The molecule has 0 aliphatic carbocycles. The molecular formula is C13H10BrFN2O2. The van der Waals surface area contributed by atoms with Gasteiger partial charge in [0.2, 0.25) is 0 Å². The van der Waals surface area contributed by atoms with Crippen LogP contribution in [0.4, 0.5) is 15.8 Å². The lowest BCUT2D eigenvalue weighted by Gasteiger charge is -2.07. The molecule has 0 unspecified atom stereocenters. The minimum Gasteiger partial charge on any atom is -0.381 e. The first-order valence-corrected chi connectivity index (χ1v) is 6.28.